The average molecular weight is 895 g/mol. The Hall–Kier alpha value is -2.40. The van der Waals surface area contributed by atoms with Crippen LogP contribution in [-0.2, 0) is 23.8 Å². The normalized spacial score (nSPS) is 12.6. The predicted octanol–water partition coefficient (Wildman–Crippen LogP) is 18.9. The largest absolute Gasteiger partial charge is 0.462 e. The van der Waals surface area contributed by atoms with Crippen molar-refractivity contribution in [2.45, 2.75) is 284 Å². The van der Waals surface area contributed by atoms with Crippen molar-refractivity contribution in [2.75, 3.05) is 19.8 Å². The highest BCUT2D eigenvalue weighted by molar-refractivity contribution is 5.70. The Balaban J connectivity index is 4.29. The first kappa shape index (κ1) is 61.6. The molecule has 0 aliphatic carbocycles. The minimum atomic E-state index is -0.546. The summed E-state index contributed by atoms with van der Waals surface area (Å²) < 4.78 is 17.4. The second-order valence-corrected chi connectivity index (χ2v) is 18.5. The van der Waals surface area contributed by atoms with E-state index in [1.54, 1.807) is 0 Å². The molecule has 0 aliphatic rings. The van der Waals surface area contributed by atoms with Crippen molar-refractivity contribution in [1.29, 1.82) is 0 Å². The van der Waals surface area contributed by atoms with Crippen LogP contribution in [0.15, 0.2) is 60.8 Å². The number of carbonyl (C=O) groups excluding carboxylic acids is 2. The third kappa shape index (κ3) is 52.2. The van der Waals surface area contributed by atoms with E-state index in [1.165, 1.54) is 161 Å². The van der Waals surface area contributed by atoms with Crippen molar-refractivity contribution in [3.05, 3.63) is 60.8 Å². The van der Waals surface area contributed by atoms with Gasteiger partial charge in [0.2, 0.25) is 0 Å². The number of hydrogen-bond donors (Lipinski definition) is 0. The number of rotatable bonds is 51. The molecule has 0 aromatic carbocycles. The van der Waals surface area contributed by atoms with Crippen molar-refractivity contribution in [3.63, 3.8) is 0 Å². The van der Waals surface area contributed by atoms with Crippen LogP contribution in [0.2, 0.25) is 0 Å². The maximum absolute atomic E-state index is 12.8. The van der Waals surface area contributed by atoms with Crippen LogP contribution < -0.4 is 0 Å². The van der Waals surface area contributed by atoms with E-state index in [0.717, 1.165) is 83.5 Å². The molecular weight excluding hydrogens is 789 g/mol. The van der Waals surface area contributed by atoms with Crippen molar-refractivity contribution < 1.29 is 23.8 Å². The lowest BCUT2D eigenvalue weighted by Crippen LogP contribution is -2.30. The molecular formula is C59H106O5. The van der Waals surface area contributed by atoms with Gasteiger partial charge < -0.3 is 14.2 Å². The third-order valence-corrected chi connectivity index (χ3v) is 12.1. The highest BCUT2D eigenvalue weighted by Gasteiger charge is 2.17. The van der Waals surface area contributed by atoms with E-state index >= 15 is 0 Å². The molecule has 0 rings (SSSR count). The number of unbranched alkanes of at least 4 members (excludes halogenated alkanes) is 30. The second kappa shape index (κ2) is 54.9. The first-order valence-electron chi connectivity index (χ1n) is 27.8. The topological polar surface area (TPSA) is 61.8 Å². The molecule has 0 aliphatic heterocycles. The summed E-state index contributed by atoms with van der Waals surface area (Å²) in [5.74, 6) is -0.421. The maximum atomic E-state index is 12.8. The van der Waals surface area contributed by atoms with Crippen LogP contribution in [0.25, 0.3) is 0 Å². The predicted molar refractivity (Wildman–Crippen MR) is 279 cm³/mol. The fourth-order valence-corrected chi connectivity index (χ4v) is 7.95. The van der Waals surface area contributed by atoms with Gasteiger partial charge in [0.05, 0.1) is 6.61 Å². The number of esters is 2. The minimum absolute atomic E-state index is 0.0716. The van der Waals surface area contributed by atoms with E-state index in [4.69, 9.17) is 14.2 Å². The molecule has 0 fully saturated rings. The summed E-state index contributed by atoms with van der Waals surface area (Å²) in [4.78, 5) is 25.4. The van der Waals surface area contributed by atoms with E-state index < -0.39 is 6.10 Å². The van der Waals surface area contributed by atoms with E-state index in [-0.39, 0.29) is 25.2 Å². The van der Waals surface area contributed by atoms with Gasteiger partial charge in [-0.05, 0) is 64.2 Å². The number of carbonyl (C=O) groups is 2. The lowest BCUT2D eigenvalue weighted by molar-refractivity contribution is -0.163. The van der Waals surface area contributed by atoms with E-state index in [2.05, 4.69) is 81.5 Å². The monoisotopic (exact) mass is 895 g/mol. The Morgan fingerprint density at radius 1 is 0.359 bits per heavy atom. The Morgan fingerprint density at radius 2 is 0.703 bits per heavy atom. The molecule has 0 saturated carbocycles. The molecule has 5 nitrogen and oxygen atoms in total. The van der Waals surface area contributed by atoms with Gasteiger partial charge in [0.1, 0.15) is 6.61 Å². The molecule has 0 N–H and O–H groups in total. The van der Waals surface area contributed by atoms with Crippen molar-refractivity contribution in [2.24, 2.45) is 0 Å². The molecule has 0 saturated heterocycles. The van der Waals surface area contributed by atoms with Crippen LogP contribution in [0.5, 0.6) is 0 Å². The first-order valence-corrected chi connectivity index (χ1v) is 27.8. The molecule has 64 heavy (non-hydrogen) atoms. The van der Waals surface area contributed by atoms with Crippen LogP contribution >= 0.6 is 0 Å². The van der Waals surface area contributed by atoms with Gasteiger partial charge >= 0.3 is 11.9 Å². The summed E-state index contributed by atoms with van der Waals surface area (Å²) in [6.07, 6.45) is 69.5. The highest BCUT2D eigenvalue weighted by Crippen LogP contribution is 2.16. The molecule has 1 atom stereocenters. The minimum Gasteiger partial charge on any atom is -0.462 e. The lowest BCUT2D eigenvalue weighted by Gasteiger charge is -2.18. The Kier molecular flexibility index (Phi) is 52.9. The van der Waals surface area contributed by atoms with E-state index in [0.29, 0.717) is 19.4 Å². The van der Waals surface area contributed by atoms with Crippen molar-refractivity contribution >= 4 is 11.9 Å². The lowest BCUT2D eigenvalue weighted by atomic mass is 10.0. The zero-order valence-electron chi connectivity index (χ0n) is 42.8. The van der Waals surface area contributed by atoms with Crippen LogP contribution in [-0.4, -0.2) is 37.9 Å². The van der Waals surface area contributed by atoms with Crippen molar-refractivity contribution in [1.82, 2.24) is 0 Å². The van der Waals surface area contributed by atoms with Gasteiger partial charge in [-0.25, -0.2) is 0 Å². The quantitative estimate of drug-likeness (QED) is 0.0346. The van der Waals surface area contributed by atoms with Crippen LogP contribution in [0.4, 0.5) is 0 Å². The maximum Gasteiger partial charge on any atom is 0.306 e. The van der Waals surface area contributed by atoms with Crippen LogP contribution in [0.3, 0.4) is 0 Å². The summed E-state index contributed by atoms with van der Waals surface area (Å²) in [5, 5.41) is 0. The van der Waals surface area contributed by atoms with Crippen LogP contribution in [0, 0.1) is 0 Å². The Labute approximate surface area is 398 Å². The third-order valence-electron chi connectivity index (χ3n) is 12.1. The smallest absolute Gasteiger partial charge is 0.306 e. The van der Waals surface area contributed by atoms with Gasteiger partial charge in [0, 0.05) is 19.4 Å². The molecule has 0 unspecified atom stereocenters. The Bertz CT molecular complexity index is 1100. The van der Waals surface area contributed by atoms with Gasteiger partial charge in [-0.2, -0.15) is 0 Å². The number of hydrogen-bond acceptors (Lipinski definition) is 5. The zero-order chi connectivity index (χ0) is 46.3. The molecule has 0 radical (unpaired) electrons. The SMILES string of the molecule is CC/C=C\C/C=C\C/C=C\C/C=C\C/C=C\CCCCCC(=O)OC[C@@H](COCCCCCCCCCCCCCCCCCC)OC(=O)CCCCCCCCCCCCCCC. The first-order chi connectivity index (χ1) is 31.6. The molecule has 0 bridgehead atoms. The van der Waals surface area contributed by atoms with Crippen LogP contribution in [0.1, 0.15) is 278 Å². The highest BCUT2D eigenvalue weighted by atomic mass is 16.6. The summed E-state index contributed by atoms with van der Waals surface area (Å²) in [6, 6.07) is 0. The van der Waals surface area contributed by atoms with Gasteiger partial charge in [-0.1, -0.05) is 261 Å². The van der Waals surface area contributed by atoms with Crippen molar-refractivity contribution in [3.8, 4) is 0 Å². The summed E-state index contributed by atoms with van der Waals surface area (Å²) in [6.45, 7) is 7.72. The Morgan fingerprint density at radius 3 is 1.12 bits per heavy atom. The molecule has 0 amide bonds. The number of allylic oxidation sites excluding steroid dienone is 10. The van der Waals surface area contributed by atoms with E-state index in [1.807, 2.05) is 0 Å². The molecule has 372 valence electrons. The van der Waals surface area contributed by atoms with Gasteiger partial charge in [0.15, 0.2) is 6.10 Å². The summed E-state index contributed by atoms with van der Waals surface area (Å²) in [7, 11) is 0. The van der Waals surface area contributed by atoms with Gasteiger partial charge in [-0.15, -0.1) is 0 Å². The fraction of sp³-hybridized carbons (Fsp3) is 0.797. The molecule has 0 heterocycles. The molecule has 0 spiro atoms. The molecule has 0 aromatic heterocycles. The molecule has 5 heteroatoms. The summed E-state index contributed by atoms with van der Waals surface area (Å²) in [5.41, 5.74) is 0. The van der Waals surface area contributed by atoms with Gasteiger partial charge in [0.25, 0.3) is 0 Å². The fourth-order valence-electron chi connectivity index (χ4n) is 7.95. The van der Waals surface area contributed by atoms with Gasteiger partial charge in [-0.3, -0.25) is 9.59 Å². The molecule has 0 aromatic rings. The average Bonchev–Trinajstić information content (AvgIpc) is 3.30. The van der Waals surface area contributed by atoms with E-state index in [9.17, 15) is 9.59 Å². The summed E-state index contributed by atoms with van der Waals surface area (Å²) >= 11 is 0. The standard InChI is InChI=1S/C59H106O5/c1-4-7-10-13-16-19-22-25-27-29-30-31-32-35-37-40-43-46-49-52-58(60)63-56-57(64-59(61)53-50-47-44-41-38-34-24-21-18-15-12-9-6-3)55-62-54-51-48-45-42-39-36-33-28-26-23-20-17-14-11-8-5-2/h7,10,16,19,25,27,30-31,35,37,57H,4-6,8-9,11-15,17-18,20-24,26,28-29,32-34,36,38-56H2,1-3H3/b10-7-,19-16-,27-25-,31-30-,37-35-/t57-/m1/s1. The number of ether oxygens (including phenoxy) is 3. The zero-order valence-corrected chi connectivity index (χ0v) is 42.8. The second-order valence-electron chi connectivity index (χ2n) is 18.5.